The summed E-state index contributed by atoms with van der Waals surface area (Å²) in [6.45, 7) is 5.12. The third kappa shape index (κ3) is 4.60. The molecule has 21 heavy (non-hydrogen) atoms. The Morgan fingerprint density at radius 2 is 1.62 bits per heavy atom. The van der Waals surface area contributed by atoms with E-state index in [-0.39, 0.29) is 39.3 Å². The van der Waals surface area contributed by atoms with E-state index < -0.39 is 21.1 Å². The van der Waals surface area contributed by atoms with Crippen molar-refractivity contribution in [2.75, 3.05) is 13.1 Å². The van der Waals surface area contributed by atoms with Crippen LogP contribution >= 0.6 is 0 Å². The summed E-state index contributed by atoms with van der Waals surface area (Å²) in [6.07, 6.45) is 1.03. The Morgan fingerprint density at radius 3 is 2.05 bits per heavy atom. The zero-order chi connectivity index (χ0) is 14.9. The van der Waals surface area contributed by atoms with Crippen molar-refractivity contribution >= 4 is 21.1 Å². The molecule has 1 fully saturated rings. The summed E-state index contributed by atoms with van der Waals surface area (Å²) < 4.78 is 48.1. The molecule has 8 heteroatoms. The molecule has 3 atom stereocenters. The summed E-state index contributed by atoms with van der Waals surface area (Å²) in [5.74, 6) is 0.670. The van der Waals surface area contributed by atoms with Crippen molar-refractivity contribution in [1.29, 1.82) is 0 Å². The molecule has 0 bridgehead atoms. The fourth-order valence-corrected chi connectivity index (χ4v) is 4.71. The largest absolute Gasteiger partial charge is 1.00 e. The second-order valence-electron chi connectivity index (χ2n) is 5.47. The molecule has 3 unspecified atom stereocenters. The number of hydrogen-bond donors (Lipinski definition) is 0. The number of hydrogen-bond acceptors (Lipinski definition) is 4. The van der Waals surface area contributed by atoms with Crippen molar-refractivity contribution in [3.63, 3.8) is 0 Å². The van der Waals surface area contributed by atoms with Crippen molar-refractivity contribution in [2.45, 2.75) is 30.1 Å². The van der Waals surface area contributed by atoms with Crippen molar-refractivity contribution in [3.05, 3.63) is 24.3 Å². The molecule has 0 amide bonds. The van der Waals surface area contributed by atoms with Crippen LogP contribution in [0, 0.1) is 11.8 Å². The molecule has 0 saturated carbocycles. The number of benzene rings is 1. The SMILES string of the molecule is CC1CC(C)CN(S(=O)(=O)c2ccc(S(=O)[O-])cc2)C1.[Na+]. The van der Waals surface area contributed by atoms with Crippen molar-refractivity contribution < 1.29 is 46.7 Å². The monoisotopic (exact) mass is 339 g/mol. The second-order valence-corrected chi connectivity index (χ2v) is 8.35. The van der Waals surface area contributed by atoms with Crippen LogP contribution in [0.25, 0.3) is 0 Å². The van der Waals surface area contributed by atoms with Gasteiger partial charge in [0.15, 0.2) is 0 Å². The van der Waals surface area contributed by atoms with E-state index in [0.717, 1.165) is 6.42 Å². The number of rotatable bonds is 3. The predicted octanol–water partition coefficient (Wildman–Crippen LogP) is -1.40. The summed E-state index contributed by atoms with van der Waals surface area (Å²) in [7, 11) is -3.54. The molecule has 0 N–H and O–H groups in total. The van der Waals surface area contributed by atoms with E-state index in [1.165, 1.54) is 28.6 Å². The second kappa shape index (κ2) is 7.68. The molecule has 1 saturated heterocycles. The van der Waals surface area contributed by atoms with Gasteiger partial charge in [0.05, 0.1) is 4.90 Å². The number of piperidine rings is 1. The minimum Gasteiger partial charge on any atom is -0.768 e. The minimum absolute atomic E-state index is 0. The maximum absolute atomic E-state index is 12.5. The first-order valence-electron chi connectivity index (χ1n) is 6.50. The molecule has 1 aliphatic heterocycles. The first-order valence-corrected chi connectivity index (χ1v) is 9.01. The van der Waals surface area contributed by atoms with E-state index in [1.807, 2.05) is 13.8 Å². The predicted molar refractivity (Wildman–Crippen MR) is 75.3 cm³/mol. The quantitative estimate of drug-likeness (QED) is 0.501. The summed E-state index contributed by atoms with van der Waals surface area (Å²) in [6, 6.07) is 5.33. The molecule has 0 aromatic heterocycles. The van der Waals surface area contributed by atoms with Crippen LogP contribution in [-0.2, 0) is 21.1 Å². The average molecular weight is 339 g/mol. The van der Waals surface area contributed by atoms with Crippen LogP contribution in [0.2, 0.25) is 0 Å². The number of sulfonamides is 1. The van der Waals surface area contributed by atoms with Gasteiger partial charge in [-0.15, -0.1) is 0 Å². The van der Waals surface area contributed by atoms with Crippen LogP contribution in [0.15, 0.2) is 34.1 Å². The first kappa shape index (κ1) is 19.3. The Morgan fingerprint density at radius 1 is 1.14 bits per heavy atom. The average Bonchev–Trinajstić information content (AvgIpc) is 2.37. The zero-order valence-corrected chi connectivity index (χ0v) is 16.1. The molecule has 0 radical (unpaired) electrons. The van der Waals surface area contributed by atoms with Crippen LogP contribution < -0.4 is 29.6 Å². The summed E-state index contributed by atoms with van der Waals surface area (Å²) >= 11 is -2.34. The minimum atomic E-state index is -3.54. The first-order chi connectivity index (χ1) is 9.30. The van der Waals surface area contributed by atoms with Gasteiger partial charge in [0, 0.05) is 18.0 Å². The van der Waals surface area contributed by atoms with Crippen LogP contribution in [0.3, 0.4) is 0 Å². The van der Waals surface area contributed by atoms with Crippen molar-refractivity contribution in [2.24, 2.45) is 11.8 Å². The molecular formula is C13H18NNaO4S2. The van der Waals surface area contributed by atoms with E-state index >= 15 is 0 Å². The van der Waals surface area contributed by atoms with Crippen LogP contribution in [-0.4, -0.2) is 34.6 Å². The Hall–Kier alpha value is 0.240. The molecule has 0 aliphatic carbocycles. The topological polar surface area (TPSA) is 77.5 Å². The van der Waals surface area contributed by atoms with Gasteiger partial charge in [0.2, 0.25) is 10.0 Å². The van der Waals surface area contributed by atoms with Crippen molar-refractivity contribution in [3.8, 4) is 0 Å². The van der Waals surface area contributed by atoms with Crippen LogP contribution in [0.5, 0.6) is 0 Å². The maximum atomic E-state index is 12.5. The van der Waals surface area contributed by atoms with Gasteiger partial charge < -0.3 is 4.55 Å². The molecule has 1 heterocycles. The fraction of sp³-hybridized carbons (Fsp3) is 0.538. The summed E-state index contributed by atoms with van der Waals surface area (Å²) in [4.78, 5) is 0.234. The molecule has 1 aromatic carbocycles. The Labute approximate surface area is 150 Å². The molecule has 5 nitrogen and oxygen atoms in total. The smallest absolute Gasteiger partial charge is 0.768 e. The summed E-state index contributed by atoms with van der Waals surface area (Å²) in [5.41, 5.74) is 0. The van der Waals surface area contributed by atoms with Gasteiger partial charge in [-0.1, -0.05) is 13.8 Å². The van der Waals surface area contributed by atoms with E-state index in [2.05, 4.69) is 0 Å². The van der Waals surface area contributed by atoms with Gasteiger partial charge in [-0.2, -0.15) is 4.31 Å². The molecule has 112 valence electrons. The Balaban J connectivity index is 0.00000220. The Kier molecular flexibility index (Phi) is 7.05. The zero-order valence-electron chi connectivity index (χ0n) is 12.5. The number of nitrogens with zero attached hydrogens (tertiary/aromatic N) is 1. The van der Waals surface area contributed by atoms with Gasteiger partial charge >= 0.3 is 29.6 Å². The summed E-state index contributed by atoms with van der Waals surface area (Å²) in [5, 5.41) is 0. The molecule has 0 spiro atoms. The molecular weight excluding hydrogens is 321 g/mol. The van der Waals surface area contributed by atoms with Gasteiger partial charge in [0.1, 0.15) is 0 Å². The maximum Gasteiger partial charge on any atom is 1.00 e. The molecule has 2 rings (SSSR count). The van der Waals surface area contributed by atoms with Crippen molar-refractivity contribution in [1.82, 2.24) is 4.31 Å². The van der Waals surface area contributed by atoms with E-state index in [4.69, 9.17) is 0 Å². The van der Waals surface area contributed by atoms with Crippen LogP contribution in [0.1, 0.15) is 20.3 Å². The normalized spacial score (nSPS) is 25.1. The van der Waals surface area contributed by atoms with Gasteiger partial charge in [-0.25, -0.2) is 8.42 Å². The van der Waals surface area contributed by atoms with Gasteiger partial charge in [-0.05, 0) is 53.6 Å². The third-order valence-corrected chi connectivity index (χ3v) is 5.99. The van der Waals surface area contributed by atoms with Crippen LogP contribution in [0.4, 0.5) is 0 Å². The third-order valence-electron chi connectivity index (χ3n) is 3.49. The van der Waals surface area contributed by atoms with E-state index in [9.17, 15) is 17.2 Å². The molecule has 1 aliphatic rings. The van der Waals surface area contributed by atoms with Gasteiger partial charge in [0.25, 0.3) is 0 Å². The fourth-order valence-electron chi connectivity index (χ4n) is 2.67. The Bertz CT molecular complexity index is 593. The standard InChI is InChI=1S/C13H19NO4S2.Na/c1-10-7-11(2)9-14(8-10)20(17,18)13-5-3-12(4-6-13)19(15)16;/h3-6,10-11H,7-9H2,1-2H3,(H,15,16);/q;+1/p-1. The van der Waals surface area contributed by atoms with E-state index in [1.54, 1.807) is 0 Å². The molecule has 1 aromatic rings. The van der Waals surface area contributed by atoms with E-state index in [0.29, 0.717) is 24.9 Å². The van der Waals surface area contributed by atoms with Gasteiger partial charge in [-0.3, -0.25) is 4.21 Å².